The molecule has 0 radical (unpaired) electrons. The standard InChI is InChI=1S/C14H14F3NO4.Li.H/c15-14(16,17)13(20)22-12(19)8-11-7-10(1-4-18-11)9-2-5-21-6-3-9;;/h1,4,7,9H,2-3,5-6,8H2;;/q;+1;-1. The fourth-order valence-corrected chi connectivity index (χ4v) is 2.22. The van der Waals surface area contributed by atoms with Crippen LogP contribution in [-0.4, -0.2) is 36.3 Å². The van der Waals surface area contributed by atoms with Crippen molar-refractivity contribution in [1.29, 1.82) is 0 Å². The Morgan fingerprint density at radius 1 is 1.35 bits per heavy atom. The van der Waals surface area contributed by atoms with Crippen LogP contribution in [0.15, 0.2) is 18.3 Å². The molecule has 0 atom stereocenters. The molecule has 0 spiro atoms. The van der Waals surface area contributed by atoms with Gasteiger partial charge in [0.25, 0.3) is 0 Å². The number of halogens is 3. The number of carbonyl (C=O) groups excluding carboxylic acids is 2. The maximum atomic E-state index is 12.0. The summed E-state index contributed by atoms with van der Waals surface area (Å²) in [4.78, 5) is 25.9. The number of carbonyl (C=O) groups is 2. The first-order valence-corrected chi connectivity index (χ1v) is 6.70. The Balaban J connectivity index is 0.00000264. The van der Waals surface area contributed by atoms with Gasteiger partial charge in [-0.25, -0.2) is 4.79 Å². The summed E-state index contributed by atoms with van der Waals surface area (Å²) in [6, 6.07) is 3.45. The summed E-state index contributed by atoms with van der Waals surface area (Å²) in [5, 5.41) is 0. The maximum Gasteiger partial charge on any atom is 1.00 e. The second-order valence-corrected chi connectivity index (χ2v) is 4.90. The summed E-state index contributed by atoms with van der Waals surface area (Å²) in [5.74, 6) is -3.53. The minimum atomic E-state index is -5.19. The summed E-state index contributed by atoms with van der Waals surface area (Å²) in [6.07, 6.45) is -2.52. The van der Waals surface area contributed by atoms with E-state index in [2.05, 4.69) is 9.72 Å². The van der Waals surface area contributed by atoms with Gasteiger partial charge in [0.05, 0.1) is 12.1 Å². The van der Waals surface area contributed by atoms with Gasteiger partial charge in [0, 0.05) is 19.4 Å². The Labute approximate surface area is 144 Å². The molecule has 1 saturated heterocycles. The van der Waals surface area contributed by atoms with Crippen molar-refractivity contribution in [1.82, 2.24) is 4.98 Å². The molecule has 2 heterocycles. The normalized spacial score (nSPS) is 15.6. The number of nitrogens with zero attached hydrogens (tertiary/aromatic N) is 1. The number of ether oxygens (including phenoxy) is 2. The van der Waals surface area contributed by atoms with Crippen LogP contribution in [0.25, 0.3) is 0 Å². The first-order valence-electron chi connectivity index (χ1n) is 6.70. The third kappa shape index (κ3) is 5.97. The molecule has 2 rings (SSSR count). The molecule has 1 aliphatic heterocycles. The smallest absolute Gasteiger partial charge is 1.00 e. The molecule has 0 N–H and O–H groups in total. The molecule has 0 saturated carbocycles. The van der Waals surface area contributed by atoms with E-state index in [1.54, 1.807) is 12.1 Å². The van der Waals surface area contributed by atoms with Crippen LogP contribution >= 0.6 is 0 Å². The molecular formula is C14H15F3LiNO4. The molecule has 0 aliphatic carbocycles. The summed E-state index contributed by atoms with van der Waals surface area (Å²) in [7, 11) is 0. The number of esters is 2. The first-order chi connectivity index (χ1) is 10.4. The maximum absolute atomic E-state index is 12.0. The second-order valence-electron chi connectivity index (χ2n) is 4.90. The summed E-state index contributed by atoms with van der Waals surface area (Å²) in [6.45, 7) is 1.29. The van der Waals surface area contributed by atoms with Gasteiger partial charge in [-0.05, 0) is 36.5 Å². The number of hydrogen-bond acceptors (Lipinski definition) is 5. The van der Waals surface area contributed by atoms with Gasteiger partial charge in [0.15, 0.2) is 0 Å². The second kappa shape index (κ2) is 8.48. The molecule has 9 heteroatoms. The van der Waals surface area contributed by atoms with Crippen molar-refractivity contribution in [2.75, 3.05) is 13.2 Å². The van der Waals surface area contributed by atoms with Crippen molar-refractivity contribution >= 4 is 11.9 Å². The van der Waals surface area contributed by atoms with E-state index in [1.165, 1.54) is 6.20 Å². The van der Waals surface area contributed by atoms with Crippen molar-refractivity contribution in [3.05, 3.63) is 29.6 Å². The average Bonchev–Trinajstić information content (AvgIpc) is 2.47. The molecule has 23 heavy (non-hydrogen) atoms. The van der Waals surface area contributed by atoms with Crippen LogP contribution in [0.4, 0.5) is 13.2 Å². The van der Waals surface area contributed by atoms with Crippen LogP contribution in [0.1, 0.15) is 31.4 Å². The van der Waals surface area contributed by atoms with Gasteiger partial charge < -0.3 is 10.9 Å². The van der Waals surface area contributed by atoms with E-state index in [0.29, 0.717) is 13.2 Å². The van der Waals surface area contributed by atoms with Crippen LogP contribution in [0.5, 0.6) is 0 Å². The Morgan fingerprint density at radius 3 is 2.61 bits per heavy atom. The van der Waals surface area contributed by atoms with Crippen molar-refractivity contribution in [2.45, 2.75) is 31.4 Å². The quantitative estimate of drug-likeness (QED) is 0.416. The van der Waals surface area contributed by atoms with Gasteiger partial charge in [-0.3, -0.25) is 9.78 Å². The van der Waals surface area contributed by atoms with Crippen LogP contribution < -0.4 is 18.9 Å². The van der Waals surface area contributed by atoms with E-state index in [4.69, 9.17) is 4.74 Å². The van der Waals surface area contributed by atoms with Crippen molar-refractivity contribution < 1.29 is 52.5 Å². The molecule has 0 amide bonds. The van der Waals surface area contributed by atoms with E-state index in [1.807, 2.05) is 0 Å². The van der Waals surface area contributed by atoms with Gasteiger partial charge in [-0.1, -0.05) is 0 Å². The van der Waals surface area contributed by atoms with E-state index >= 15 is 0 Å². The minimum absolute atomic E-state index is 0. The number of hydrogen-bond donors (Lipinski definition) is 0. The van der Waals surface area contributed by atoms with Crippen LogP contribution in [-0.2, 0) is 25.5 Å². The number of aromatic nitrogens is 1. The summed E-state index contributed by atoms with van der Waals surface area (Å²) in [5.41, 5.74) is 1.22. The Morgan fingerprint density at radius 2 is 2.00 bits per heavy atom. The fourth-order valence-electron chi connectivity index (χ4n) is 2.22. The first kappa shape index (κ1) is 19.7. The van der Waals surface area contributed by atoms with Crippen molar-refractivity contribution in [3.63, 3.8) is 0 Å². The zero-order valence-electron chi connectivity index (χ0n) is 13.6. The predicted octanol–water partition coefficient (Wildman–Crippen LogP) is -0.733. The topological polar surface area (TPSA) is 65.5 Å². The molecular weight excluding hydrogens is 310 g/mol. The molecule has 1 aromatic heterocycles. The monoisotopic (exact) mass is 325 g/mol. The third-order valence-electron chi connectivity index (χ3n) is 3.30. The van der Waals surface area contributed by atoms with Gasteiger partial charge in [0.2, 0.25) is 0 Å². The van der Waals surface area contributed by atoms with Crippen molar-refractivity contribution in [3.8, 4) is 0 Å². The average molecular weight is 325 g/mol. The van der Waals surface area contributed by atoms with Crippen LogP contribution in [0.2, 0.25) is 0 Å². The minimum Gasteiger partial charge on any atom is -1.00 e. The Hall–Kier alpha value is -1.36. The number of alkyl halides is 3. The zero-order valence-corrected chi connectivity index (χ0v) is 12.6. The molecule has 0 bridgehead atoms. The van der Waals surface area contributed by atoms with Crippen LogP contribution in [0, 0.1) is 0 Å². The van der Waals surface area contributed by atoms with Crippen molar-refractivity contribution in [2.24, 2.45) is 0 Å². The van der Waals surface area contributed by atoms with E-state index in [9.17, 15) is 22.8 Å². The Bertz CT molecular complexity index is 565. The summed E-state index contributed by atoms with van der Waals surface area (Å²) < 4.78 is 45.0. The number of rotatable bonds is 3. The summed E-state index contributed by atoms with van der Waals surface area (Å²) >= 11 is 0. The molecule has 122 valence electrons. The molecule has 5 nitrogen and oxygen atoms in total. The predicted molar refractivity (Wildman–Crippen MR) is 69.0 cm³/mol. The fraction of sp³-hybridized carbons (Fsp3) is 0.500. The third-order valence-corrected chi connectivity index (χ3v) is 3.30. The molecule has 1 aromatic rings. The molecule has 1 aliphatic rings. The largest absolute Gasteiger partial charge is 1.00 e. The van der Waals surface area contributed by atoms with Gasteiger partial charge in [-0.15, -0.1) is 0 Å². The Kier molecular flexibility index (Phi) is 7.26. The van der Waals surface area contributed by atoms with Gasteiger partial charge >= 0.3 is 37.0 Å². The van der Waals surface area contributed by atoms with Crippen LogP contribution in [0.3, 0.4) is 0 Å². The van der Waals surface area contributed by atoms with E-state index in [0.717, 1.165) is 18.4 Å². The SMILES string of the molecule is O=C(Cc1cc(C2CCOCC2)ccn1)OC(=O)C(F)(F)F.[H-].[Li+]. The van der Waals surface area contributed by atoms with Gasteiger partial charge in [-0.2, -0.15) is 13.2 Å². The van der Waals surface area contributed by atoms with E-state index < -0.39 is 24.5 Å². The van der Waals surface area contributed by atoms with E-state index in [-0.39, 0.29) is 31.9 Å². The molecule has 0 aromatic carbocycles. The van der Waals surface area contributed by atoms with Gasteiger partial charge in [0.1, 0.15) is 0 Å². The molecule has 0 unspecified atom stereocenters. The number of pyridine rings is 1. The zero-order chi connectivity index (χ0) is 16.2. The molecule has 1 fully saturated rings.